The fraction of sp³-hybridized carbons (Fsp3) is 0.133. The van der Waals surface area contributed by atoms with Crippen LogP contribution in [0.5, 0.6) is 0 Å². The van der Waals surface area contributed by atoms with Crippen molar-refractivity contribution in [2.75, 3.05) is 7.11 Å². The number of carbonyl (C=O) groups is 1. The minimum absolute atomic E-state index is 0.348. The third-order valence-electron chi connectivity index (χ3n) is 2.15. The van der Waals surface area contributed by atoms with Crippen LogP contribution in [0.2, 0.25) is 0 Å². The molecule has 0 N–H and O–H groups in total. The quantitative estimate of drug-likeness (QED) is 0.333. The molecule has 0 saturated heterocycles. The van der Waals surface area contributed by atoms with Crippen molar-refractivity contribution in [2.45, 2.75) is 6.42 Å². The topological polar surface area (TPSA) is 35.5 Å². The van der Waals surface area contributed by atoms with Gasteiger partial charge in [0.1, 0.15) is 0 Å². The molecule has 1 rings (SSSR count). The molecule has 0 amide bonds. The summed E-state index contributed by atoms with van der Waals surface area (Å²) in [6, 6.07) is 9.95. The van der Waals surface area contributed by atoms with E-state index in [1.807, 2.05) is 54.6 Å². The Kier molecular flexibility index (Phi) is 6.22. The van der Waals surface area contributed by atoms with Crippen LogP contribution in [0.1, 0.15) is 12.0 Å². The van der Waals surface area contributed by atoms with Crippen LogP contribution >= 0.6 is 0 Å². The van der Waals surface area contributed by atoms with Gasteiger partial charge in [-0.3, -0.25) is 4.89 Å². The molecule has 94 valence electrons. The number of carbonyl (C=O) groups excluding carboxylic acids is 1. The lowest BCUT2D eigenvalue weighted by Crippen LogP contribution is -2.05. The highest BCUT2D eigenvalue weighted by Crippen LogP contribution is 2.04. The summed E-state index contributed by atoms with van der Waals surface area (Å²) >= 11 is 0. The largest absolute Gasteiger partial charge is 0.368 e. The molecule has 3 heteroatoms. The van der Waals surface area contributed by atoms with Crippen molar-refractivity contribution in [3.05, 3.63) is 66.3 Å². The van der Waals surface area contributed by atoms with Crippen molar-refractivity contribution in [1.82, 2.24) is 0 Å². The Morgan fingerprint density at radius 3 is 2.67 bits per heavy atom. The third kappa shape index (κ3) is 5.27. The standard InChI is InChI=1S/C15H16O3/c1-13(15(16)18-17-2)9-5-3-6-10-14-11-7-4-8-12-14/h3-8,10-12H,1,9H2,2H3. The highest BCUT2D eigenvalue weighted by molar-refractivity contribution is 5.87. The van der Waals surface area contributed by atoms with E-state index in [0.717, 1.165) is 5.56 Å². The minimum Gasteiger partial charge on any atom is -0.293 e. The fourth-order valence-corrected chi connectivity index (χ4v) is 1.24. The van der Waals surface area contributed by atoms with Crippen LogP contribution in [0.3, 0.4) is 0 Å². The van der Waals surface area contributed by atoms with Gasteiger partial charge in [0.2, 0.25) is 0 Å². The number of allylic oxidation sites excluding steroid dienone is 3. The van der Waals surface area contributed by atoms with Crippen molar-refractivity contribution in [2.24, 2.45) is 0 Å². The highest BCUT2D eigenvalue weighted by atomic mass is 17.2. The van der Waals surface area contributed by atoms with Gasteiger partial charge in [-0.05, 0) is 12.0 Å². The second-order valence-corrected chi connectivity index (χ2v) is 3.54. The Hall–Kier alpha value is -2.13. The van der Waals surface area contributed by atoms with E-state index >= 15 is 0 Å². The Labute approximate surface area is 107 Å². The van der Waals surface area contributed by atoms with Crippen LogP contribution in [0.4, 0.5) is 0 Å². The van der Waals surface area contributed by atoms with Gasteiger partial charge in [-0.1, -0.05) is 61.2 Å². The molecule has 0 spiro atoms. The summed E-state index contributed by atoms with van der Waals surface area (Å²) in [5, 5.41) is 0. The first-order valence-electron chi connectivity index (χ1n) is 5.55. The molecule has 0 saturated carbocycles. The van der Waals surface area contributed by atoms with Gasteiger partial charge in [0.25, 0.3) is 0 Å². The molecule has 0 aliphatic carbocycles. The Morgan fingerprint density at radius 2 is 2.00 bits per heavy atom. The van der Waals surface area contributed by atoms with E-state index in [-0.39, 0.29) is 0 Å². The van der Waals surface area contributed by atoms with Gasteiger partial charge < -0.3 is 0 Å². The maximum atomic E-state index is 11.1. The molecule has 0 atom stereocenters. The Balaban J connectivity index is 2.36. The lowest BCUT2D eigenvalue weighted by molar-refractivity contribution is -0.250. The molecule has 1 aromatic carbocycles. The molecular weight excluding hydrogens is 228 g/mol. The van der Waals surface area contributed by atoms with Crippen molar-refractivity contribution < 1.29 is 14.6 Å². The lowest BCUT2D eigenvalue weighted by atomic mass is 10.2. The zero-order valence-electron chi connectivity index (χ0n) is 10.3. The summed E-state index contributed by atoms with van der Waals surface area (Å²) in [4.78, 5) is 19.7. The average molecular weight is 244 g/mol. The number of rotatable bonds is 6. The molecule has 0 aliphatic rings. The first kappa shape index (κ1) is 13.9. The Morgan fingerprint density at radius 1 is 1.28 bits per heavy atom. The molecule has 0 bridgehead atoms. The van der Waals surface area contributed by atoms with Gasteiger partial charge in [-0.15, -0.1) is 0 Å². The average Bonchev–Trinajstić information content (AvgIpc) is 2.39. The first-order chi connectivity index (χ1) is 8.74. The van der Waals surface area contributed by atoms with E-state index in [1.54, 1.807) is 0 Å². The molecule has 0 aliphatic heterocycles. The second kappa shape index (κ2) is 8.03. The monoisotopic (exact) mass is 244 g/mol. The fourth-order valence-electron chi connectivity index (χ4n) is 1.24. The van der Waals surface area contributed by atoms with Crippen molar-refractivity contribution >= 4 is 12.0 Å². The summed E-state index contributed by atoms with van der Waals surface area (Å²) in [5.41, 5.74) is 1.47. The smallest absolute Gasteiger partial charge is 0.293 e. The summed E-state index contributed by atoms with van der Waals surface area (Å²) in [6.45, 7) is 3.60. The van der Waals surface area contributed by atoms with Gasteiger partial charge in [-0.25, -0.2) is 4.79 Å². The highest BCUT2D eigenvalue weighted by Gasteiger charge is 2.06. The van der Waals surface area contributed by atoms with Crippen molar-refractivity contribution in [3.8, 4) is 0 Å². The molecular formula is C15H16O3. The van der Waals surface area contributed by atoms with Crippen molar-refractivity contribution in [1.29, 1.82) is 0 Å². The van der Waals surface area contributed by atoms with E-state index in [4.69, 9.17) is 0 Å². The molecule has 3 nitrogen and oxygen atoms in total. The van der Waals surface area contributed by atoms with E-state index in [2.05, 4.69) is 16.4 Å². The van der Waals surface area contributed by atoms with Crippen LogP contribution in [-0.2, 0) is 14.6 Å². The normalized spacial score (nSPS) is 10.9. The van der Waals surface area contributed by atoms with Gasteiger partial charge in [-0.2, -0.15) is 4.89 Å². The van der Waals surface area contributed by atoms with Crippen LogP contribution in [0.25, 0.3) is 6.08 Å². The zero-order valence-corrected chi connectivity index (χ0v) is 10.3. The third-order valence-corrected chi connectivity index (χ3v) is 2.15. The predicted molar refractivity (Wildman–Crippen MR) is 71.5 cm³/mol. The number of hydrogen-bond acceptors (Lipinski definition) is 3. The number of benzene rings is 1. The van der Waals surface area contributed by atoms with E-state index in [0.29, 0.717) is 12.0 Å². The van der Waals surface area contributed by atoms with E-state index in [1.165, 1.54) is 7.11 Å². The SMILES string of the molecule is C=C(CC=CC=Cc1ccccc1)C(=O)OOC. The summed E-state index contributed by atoms with van der Waals surface area (Å²) in [6.07, 6.45) is 8.01. The molecule has 0 aromatic heterocycles. The number of hydrogen-bond donors (Lipinski definition) is 0. The zero-order chi connectivity index (χ0) is 13.2. The van der Waals surface area contributed by atoms with Crippen LogP contribution < -0.4 is 0 Å². The Bertz CT molecular complexity index is 444. The summed E-state index contributed by atoms with van der Waals surface area (Å²) in [7, 11) is 1.28. The molecule has 0 heterocycles. The van der Waals surface area contributed by atoms with Crippen LogP contribution in [0.15, 0.2) is 60.7 Å². The van der Waals surface area contributed by atoms with Gasteiger partial charge in [0.15, 0.2) is 0 Å². The van der Waals surface area contributed by atoms with E-state index < -0.39 is 5.97 Å². The van der Waals surface area contributed by atoms with E-state index in [9.17, 15) is 4.79 Å². The summed E-state index contributed by atoms with van der Waals surface area (Å²) in [5.74, 6) is -0.547. The molecule has 1 aromatic rings. The van der Waals surface area contributed by atoms with Gasteiger partial charge in [0.05, 0.1) is 7.11 Å². The molecule has 18 heavy (non-hydrogen) atoms. The van der Waals surface area contributed by atoms with Gasteiger partial charge >= 0.3 is 5.97 Å². The maximum Gasteiger partial charge on any atom is 0.368 e. The van der Waals surface area contributed by atoms with Crippen LogP contribution in [-0.4, -0.2) is 13.1 Å². The van der Waals surface area contributed by atoms with Crippen LogP contribution in [0, 0.1) is 0 Å². The predicted octanol–water partition coefficient (Wildman–Crippen LogP) is 3.31. The van der Waals surface area contributed by atoms with Crippen molar-refractivity contribution in [3.63, 3.8) is 0 Å². The minimum atomic E-state index is -0.547. The molecule has 0 fully saturated rings. The first-order valence-corrected chi connectivity index (χ1v) is 5.55. The maximum absolute atomic E-state index is 11.1. The lowest BCUT2D eigenvalue weighted by Gasteiger charge is -1.99. The van der Waals surface area contributed by atoms with Gasteiger partial charge in [0, 0.05) is 5.57 Å². The molecule has 0 unspecified atom stereocenters. The molecule has 0 radical (unpaired) electrons. The summed E-state index contributed by atoms with van der Waals surface area (Å²) < 4.78 is 0. The second-order valence-electron chi connectivity index (χ2n) is 3.54.